The van der Waals surface area contributed by atoms with Crippen molar-refractivity contribution in [2.75, 3.05) is 7.05 Å². The Morgan fingerprint density at radius 3 is 2.36 bits per heavy atom. The number of rotatable bonds is 3. The summed E-state index contributed by atoms with van der Waals surface area (Å²) >= 11 is 4.93. The molecule has 0 aliphatic heterocycles. The van der Waals surface area contributed by atoms with Gasteiger partial charge in [-0.1, -0.05) is 48.8 Å². The fraction of sp³-hybridized carbons (Fsp3) is 0.412. The van der Waals surface area contributed by atoms with Crippen molar-refractivity contribution in [3.63, 3.8) is 0 Å². The molecule has 1 aromatic heterocycles. The van der Waals surface area contributed by atoms with Crippen LogP contribution in [-0.2, 0) is 12.0 Å². The second-order valence-corrected chi connectivity index (χ2v) is 8.39. The van der Waals surface area contributed by atoms with E-state index in [2.05, 4.69) is 41.7 Å². The minimum absolute atomic E-state index is 0.0295. The van der Waals surface area contributed by atoms with Gasteiger partial charge in [0.25, 0.3) is 5.91 Å². The Bertz CT molecular complexity index is 671. The van der Waals surface area contributed by atoms with E-state index in [1.807, 2.05) is 38.2 Å². The van der Waals surface area contributed by atoms with Crippen molar-refractivity contribution in [2.45, 2.75) is 39.7 Å². The molecule has 0 saturated carbocycles. The molecule has 1 aromatic carbocycles. The van der Waals surface area contributed by atoms with E-state index >= 15 is 0 Å². The lowest BCUT2D eigenvalue weighted by Gasteiger charge is -2.17. The van der Waals surface area contributed by atoms with Crippen LogP contribution in [0, 0.1) is 6.92 Å². The Kier molecular flexibility index (Phi) is 5.07. The van der Waals surface area contributed by atoms with Crippen LogP contribution in [0.5, 0.6) is 0 Å². The highest BCUT2D eigenvalue weighted by Gasteiger charge is 2.24. The monoisotopic (exact) mass is 380 g/mol. The van der Waals surface area contributed by atoms with Crippen LogP contribution >= 0.6 is 27.3 Å². The van der Waals surface area contributed by atoms with Crippen LogP contribution in [0.2, 0.25) is 0 Å². The molecule has 0 unspecified atom stereocenters. The SMILES string of the molecule is Cc1nc(C(C)(C)C)sc1C(=O)N(C)Cc1ccc(Br)cc1. The molecule has 2 rings (SSSR count). The third kappa shape index (κ3) is 3.96. The van der Waals surface area contributed by atoms with Gasteiger partial charge in [-0.3, -0.25) is 4.79 Å². The van der Waals surface area contributed by atoms with E-state index in [9.17, 15) is 4.79 Å². The summed E-state index contributed by atoms with van der Waals surface area (Å²) in [6.45, 7) is 8.85. The summed E-state index contributed by atoms with van der Waals surface area (Å²) in [6.07, 6.45) is 0. The average Bonchev–Trinajstić information content (AvgIpc) is 2.82. The molecule has 0 saturated heterocycles. The maximum atomic E-state index is 12.7. The van der Waals surface area contributed by atoms with E-state index < -0.39 is 0 Å². The minimum atomic E-state index is -0.0295. The predicted octanol–water partition coefficient (Wildman–Crippen LogP) is 4.78. The number of benzene rings is 1. The van der Waals surface area contributed by atoms with Crippen molar-refractivity contribution in [1.29, 1.82) is 0 Å². The number of carbonyl (C=O) groups is 1. The Morgan fingerprint density at radius 1 is 1.27 bits per heavy atom. The quantitative estimate of drug-likeness (QED) is 0.766. The molecular weight excluding hydrogens is 360 g/mol. The molecule has 0 aliphatic carbocycles. The Labute approximate surface area is 144 Å². The van der Waals surface area contributed by atoms with E-state index in [0.29, 0.717) is 6.54 Å². The highest BCUT2D eigenvalue weighted by atomic mass is 79.9. The van der Waals surface area contributed by atoms with Crippen LogP contribution in [0.4, 0.5) is 0 Å². The van der Waals surface area contributed by atoms with Crippen molar-refractivity contribution in [3.8, 4) is 0 Å². The Hall–Kier alpha value is -1.20. The van der Waals surface area contributed by atoms with Crippen molar-refractivity contribution in [3.05, 3.63) is 49.9 Å². The van der Waals surface area contributed by atoms with Gasteiger partial charge < -0.3 is 4.90 Å². The van der Waals surface area contributed by atoms with Crippen LogP contribution < -0.4 is 0 Å². The molecule has 0 atom stereocenters. The highest BCUT2D eigenvalue weighted by Crippen LogP contribution is 2.30. The highest BCUT2D eigenvalue weighted by molar-refractivity contribution is 9.10. The number of amides is 1. The first kappa shape index (κ1) is 17.2. The van der Waals surface area contributed by atoms with Crippen molar-refractivity contribution in [2.24, 2.45) is 0 Å². The van der Waals surface area contributed by atoms with E-state index in [1.54, 1.807) is 4.90 Å². The first-order valence-corrected chi connectivity index (χ1v) is 8.77. The number of nitrogens with zero attached hydrogens (tertiary/aromatic N) is 2. The molecule has 22 heavy (non-hydrogen) atoms. The lowest BCUT2D eigenvalue weighted by molar-refractivity contribution is 0.0789. The predicted molar refractivity (Wildman–Crippen MR) is 95.5 cm³/mol. The number of aromatic nitrogens is 1. The van der Waals surface area contributed by atoms with Gasteiger partial charge in [0.05, 0.1) is 10.7 Å². The van der Waals surface area contributed by atoms with Crippen LogP contribution in [0.15, 0.2) is 28.7 Å². The first-order valence-electron chi connectivity index (χ1n) is 7.16. The number of aryl methyl sites for hydroxylation is 1. The molecule has 2 aromatic rings. The number of hydrogen-bond donors (Lipinski definition) is 0. The smallest absolute Gasteiger partial charge is 0.265 e. The summed E-state index contributed by atoms with van der Waals surface area (Å²) in [5, 5.41) is 1.00. The zero-order valence-electron chi connectivity index (χ0n) is 13.6. The number of thiazole rings is 1. The summed E-state index contributed by atoms with van der Waals surface area (Å²) in [7, 11) is 1.83. The maximum absolute atomic E-state index is 12.7. The van der Waals surface area contributed by atoms with Gasteiger partial charge in [0, 0.05) is 23.5 Å². The van der Waals surface area contributed by atoms with Gasteiger partial charge in [0.15, 0.2) is 0 Å². The lowest BCUT2D eigenvalue weighted by Crippen LogP contribution is -2.26. The minimum Gasteiger partial charge on any atom is -0.337 e. The molecule has 0 aliphatic rings. The van der Waals surface area contributed by atoms with Crippen molar-refractivity contribution < 1.29 is 4.79 Å². The van der Waals surface area contributed by atoms with Gasteiger partial charge in [0.1, 0.15) is 4.88 Å². The van der Waals surface area contributed by atoms with Gasteiger partial charge in [0.2, 0.25) is 0 Å². The number of hydrogen-bond acceptors (Lipinski definition) is 3. The second kappa shape index (κ2) is 6.50. The second-order valence-electron chi connectivity index (χ2n) is 6.47. The average molecular weight is 381 g/mol. The fourth-order valence-corrected chi connectivity index (χ4v) is 3.41. The van der Waals surface area contributed by atoms with Crippen LogP contribution in [0.1, 0.15) is 46.7 Å². The maximum Gasteiger partial charge on any atom is 0.265 e. The van der Waals surface area contributed by atoms with E-state index in [-0.39, 0.29) is 11.3 Å². The summed E-state index contributed by atoms with van der Waals surface area (Å²) in [4.78, 5) is 19.7. The Balaban J connectivity index is 2.17. The topological polar surface area (TPSA) is 33.2 Å². The Morgan fingerprint density at radius 2 is 1.86 bits per heavy atom. The fourth-order valence-electron chi connectivity index (χ4n) is 2.02. The third-order valence-electron chi connectivity index (χ3n) is 3.31. The molecule has 5 heteroatoms. The van der Waals surface area contributed by atoms with E-state index in [4.69, 9.17) is 0 Å². The van der Waals surface area contributed by atoms with Gasteiger partial charge in [-0.15, -0.1) is 11.3 Å². The first-order chi connectivity index (χ1) is 10.2. The van der Waals surface area contributed by atoms with Crippen molar-refractivity contribution >= 4 is 33.2 Å². The van der Waals surface area contributed by atoms with Crippen molar-refractivity contribution in [1.82, 2.24) is 9.88 Å². The summed E-state index contributed by atoms with van der Waals surface area (Å²) in [5.41, 5.74) is 1.90. The molecule has 3 nitrogen and oxygen atoms in total. The van der Waals surface area contributed by atoms with E-state index in [0.717, 1.165) is 25.6 Å². The van der Waals surface area contributed by atoms with Crippen LogP contribution in [0.3, 0.4) is 0 Å². The molecule has 1 heterocycles. The standard InChI is InChI=1S/C17H21BrN2OS/c1-11-14(22-16(19-11)17(2,3)4)15(21)20(5)10-12-6-8-13(18)9-7-12/h6-9H,10H2,1-5H3. The molecular formula is C17H21BrN2OS. The molecule has 0 spiro atoms. The zero-order chi connectivity index (χ0) is 16.5. The third-order valence-corrected chi connectivity index (χ3v) is 5.41. The number of carbonyl (C=O) groups excluding carboxylic acids is 1. The van der Waals surface area contributed by atoms with Gasteiger partial charge in [-0.05, 0) is 24.6 Å². The van der Waals surface area contributed by atoms with Crippen LogP contribution in [-0.4, -0.2) is 22.8 Å². The largest absolute Gasteiger partial charge is 0.337 e. The molecule has 0 bridgehead atoms. The van der Waals surface area contributed by atoms with Gasteiger partial charge in [-0.25, -0.2) is 4.98 Å². The van der Waals surface area contributed by atoms with Crippen LogP contribution in [0.25, 0.3) is 0 Å². The summed E-state index contributed by atoms with van der Waals surface area (Å²) in [6, 6.07) is 8.02. The van der Waals surface area contributed by atoms with Gasteiger partial charge >= 0.3 is 0 Å². The van der Waals surface area contributed by atoms with E-state index in [1.165, 1.54) is 11.3 Å². The molecule has 118 valence electrons. The lowest BCUT2D eigenvalue weighted by atomic mass is 9.98. The van der Waals surface area contributed by atoms with Gasteiger partial charge in [-0.2, -0.15) is 0 Å². The number of halogens is 1. The summed E-state index contributed by atoms with van der Waals surface area (Å²) in [5.74, 6) is 0.0356. The molecule has 1 amide bonds. The normalized spacial score (nSPS) is 11.5. The molecule has 0 N–H and O–H groups in total. The summed E-state index contributed by atoms with van der Waals surface area (Å²) < 4.78 is 1.04. The molecule has 0 radical (unpaired) electrons. The zero-order valence-corrected chi connectivity index (χ0v) is 16.0. The molecule has 0 fully saturated rings.